The Bertz CT molecular complexity index is 818. The molecular weight excluding hydrogens is 348 g/mol. The largest absolute Gasteiger partial charge is 0.324 e. The van der Waals surface area contributed by atoms with Gasteiger partial charge < -0.3 is 10.6 Å². The topological polar surface area (TPSA) is 86.9 Å². The summed E-state index contributed by atoms with van der Waals surface area (Å²) in [5.41, 5.74) is 1.75. The molecule has 0 bridgehead atoms. The smallest absolute Gasteiger partial charge is 0.238 e. The molecule has 1 aliphatic carbocycles. The molecule has 6 nitrogen and oxygen atoms in total. The lowest BCUT2D eigenvalue weighted by Gasteiger charge is -2.23. The van der Waals surface area contributed by atoms with Gasteiger partial charge in [0.15, 0.2) is 5.82 Å². The number of nitrogens with zero attached hydrogens (tertiary/aromatic N) is 1. The summed E-state index contributed by atoms with van der Waals surface area (Å²) in [5.74, 6) is 0.640. The maximum atomic E-state index is 12.2. The van der Waals surface area contributed by atoms with E-state index in [4.69, 9.17) is 11.6 Å². The lowest BCUT2D eigenvalue weighted by molar-refractivity contribution is -0.120. The summed E-state index contributed by atoms with van der Waals surface area (Å²) in [6.45, 7) is 0. The molecule has 1 fully saturated rings. The molecule has 0 spiro atoms. The van der Waals surface area contributed by atoms with Gasteiger partial charge in [-0.2, -0.15) is 5.10 Å². The van der Waals surface area contributed by atoms with Crippen LogP contribution in [0.15, 0.2) is 29.2 Å². The average Bonchev–Trinajstić information content (AvgIpc) is 3.29. The first-order valence-corrected chi connectivity index (χ1v) is 8.96. The van der Waals surface area contributed by atoms with Crippen molar-refractivity contribution in [1.29, 1.82) is 0 Å². The third-order valence-electron chi connectivity index (χ3n) is 4.01. The molecule has 24 heavy (non-hydrogen) atoms. The minimum absolute atomic E-state index is 0.0875. The number of carbonyl (C=O) groups is 2. The summed E-state index contributed by atoms with van der Waals surface area (Å²) in [7, 11) is 0. The number of halogens is 1. The Morgan fingerprint density at radius 1 is 1.38 bits per heavy atom. The molecule has 2 aromatic rings. The first kappa shape index (κ1) is 15.5. The van der Waals surface area contributed by atoms with Crippen LogP contribution < -0.4 is 10.6 Å². The normalized spacial score (nSPS) is 19.5. The third kappa shape index (κ3) is 3.27. The Hall–Kier alpha value is -1.99. The fourth-order valence-corrected chi connectivity index (χ4v) is 3.89. The number of rotatable bonds is 4. The van der Waals surface area contributed by atoms with Crippen molar-refractivity contribution in [2.45, 2.75) is 35.3 Å². The van der Waals surface area contributed by atoms with Gasteiger partial charge in [-0.05, 0) is 31.0 Å². The first-order chi connectivity index (χ1) is 11.6. The quantitative estimate of drug-likeness (QED) is 0.778. The molecule has 2 aliphatic rings. The van der Waals surface area contributed by atoms with Crippen molar-refractivity contribution in [3.05, 3.63) is 35.0 Å². The molecule has 0 radical (unpaired) electrons. The van der Waals surface area contributed by atoms with Gasteiger partial charge in [0, 0.05) is 34.0 Å². The lowest BCUT2D eigenvalue weighted by Crippen LogP contribution is -2.32. The Morgan fingerprint density at radius 3 is 3.00 bits per heavy atom. The van der Waals surface area contributed by atoms with E-state index in [0.29, 0.717) is 22.4 Å². The number of amides is 2. The van der Waals surface area contributed by atoms with Gasteiger partial charge in [0.05, 0.1) is 10.9 Å². The second-order valence-electron chi connectivity index (χ2n) is 5.97. The molecule has 3 N–H and O–H groups in total. The van der Waals surface area contributed by atoms with Gasteiger partial charge in [-0.15, -0.1) is 11.8 Å². The highest BCUT2D eigenvalue weighted by atomic mass is 35.5. The van der Waals surface area contributed by atoms with Crippen molar-refractivity contribution in [2.24, 2.45) is 0 Å². The second-order valence-corrected chi connectivity index (χ2v) is 7.65. The zero-order chi connectivity index (χ0) is 16.7. The van der Waals surface area contributed by atoms with Crippen LogP contribution in [0.3, 0.4) is 0 Å². The van der Waals surface area contributed by atoms with Crippen LogP contribution >= 0.6 is 23.4 Å². The van der Waals surface area contributed by atoms with E-state index in [1.165, 1.54) is 11.8 Å². The lowest BCUT2D eigenvalue weighted by atomic mass is 10.2. The number of thioether (sulfide) groups is 1. The summed E-state index contributed by atoms with van der Waals surface area (Å²) >= 11 is 7.30. The van der Waals surface area contributed by atoms with Crippen molar-refractivity contribution in [3.63, 3.8) is 0 Å². The highest BCUT2D eigenvalue weighted by Gasteiger charge is 2.30. The maximum Gasteiger partial charge on any atom is 0.238 e. The van der Waals surface area contributed by atoms with E-state index in [1.54, 1.807) is 12.1 Å². The molecule has 1 aromatic heterocycles. The number of H-pyrrole nitrogens is 1. The SMILES string of the molecule is O=C(CC1Sc2ccc(Cl)cc2NC1=O)Nc1cc(C2CC2)[nH]n1. The van der Waals surface area contributed by atoms with Crippen molar-refractivity contribution >= 4 is 46.7 Å². The van der Waals surface area contributed by atoms with Crippen LogP contribution in [-0.2, 0) is 9.59 Å². The number of benzene rings is 1. The number of nitrogens with one attached hydrogen (secondary N) is 3. The highest BCUT2D eigenvalue weighted by Crippen LogP contribution is 2.40. The predicted molar refractivity (Wildman–Crippen MR) is 93.5 cm³/mol. The summed E-state index contributed by atoms with van der Waals surface area (Å²) in [4.78, 5) is 25.3. The van der Waals surface area contributed by atoms with Crippen molar-refractivity contribution in [1.82, 2.24) is 10.2 Å². The zero-order valence-corrected chi connectivity index (χ0v) is 14.2. The molecular formula is C16H15ClN4O2S. The number of aromatic amines is 1. The van der Waals surface area contributed by atoms with E-state index in [0.717, 1.165) is 23.4 Å². The fourth-order valence-electron chi connectivity index (χ4n) is 2.62. The number of aromatic nitrogens is 2. The van der Waals surface area contributed by atoms with Gasteiger partial charge >= 0.3 is 0 Å². The van der Waals surface area contributed by atoms with Gasteiger partial charge in [-0.3, -0.25) is 14.7 Å². The molecule has 1 saturated carbocycles. The van der Waals surface area contributed by atoms with Crippen molar-refractivity contribution in [2.75, 3.05) is 10.6 Å². The van der Waals surface area contributed by atoms with Crippen LogP contribution in [0.4, 0.5) is 11.5 Å². The number of carbonyl (C=O) groups excluding carboxylic acids is 2. The highest BCUT2D eigenvalue weighted by molar-refractivity contribution is 8.01. The average molecular weight is 363 g/mol. The number of anilines is 2. The van der Waals surface area contributed by atoms with Crippen LogP contribution in [-0.4, -0.2) is 27.3 Å². The van der Waals surface area contributed by atoms with E-state index in [-0.39, 0.29) is 18.2 Å². The third-order valence-corrected chi connectivity index (χ3v) is 5.52. The second kappa shape index (κ2) is 6.14. The monoisotopic (exact) mass is 362 g/mol. The molecule has 1 unspecified atom stereocenters. The molecule has 8 heteroatoms. The van der Waals surface area contributed by atoms with Gasteiger partial charge in [0.25, 0.3) is 0 Å². The number of hydrogen-bond donors (Lipinski definition) is 3. The van der Waals surface area contributed by atoms with Crippen LogP contribution in [0.1, 0.15) is 30.9 Å². The Labute approximate surface area is 147 Å². The van der Waals surface area contributed by atoms with Crippen LogP contribution in [0.2, 0.25) is 5.02 Å². The number of fused-ring (bicyclic) bond motifs is 1. The zero-order valence-electron chi connectivity index (χ0n) is 12.6. The fraction of sp³-hybridized carbons (Fsp3) is 0.312. The van der Waals surface area contributed by atoms with E-state index >= 15 is 0 Å². The molecule has 4 rings (SSSR count). The standard InChI is InChI=1S/C16H15ClN4O2S/c17-9-3-4-12-11(5-9)18-16(23)13(24-12)7-15(22)19-14-6-10(20-21-14)8-1-2-8/h3-6,8,13H,1-2,7H2,(H,18,23)(H2,19,20,21,22). The molecule has 1 aromatic carbocycles. The summed E-state index contributed by atoms with van der Waals surface area (Å²) in [6, 6.07) is 7.19. The van der Waals surface area contributed by atoms with Crippen LogP contribution in [0.25, 0.3) is 0 Å². The molecule has 1 atom stereocenters. The van der Waals surface area contributed by atoms with Gasteiger partial charge in [-0.25, -0.2) is 0 Å². The first-order valence-electron chi connectivity index (χ1n) is 7.71. The summed E-state index contributed by atoms with van der Waals surface area (Å²) in [5, 5.41) is 12.7. The minimum atomic E-state index is -0.472. The van der Waals surface area contributed by atoms with E-state index in [2.05, 4.69) is 20.8 Å². The summed E-state index contributed by atoms with van der Waals surface area (Å²) < 4.78 is 0. The van der Waals surface area contributed by atoms with Crippen LogP contribution in [0, 0.1) is 0 Å². The summed E-state index contributed by atoms with van der Waals surface area (Å²) in [6.07, 6.45) is 2.42. The maximum absolute atomic E-state index is 12.2. The molecule has 1 aliphatic heterocycles. The van der Waals surface area contributed by atoms with Gasteiger partial charge in [0.2, 0.25) is 11.8 Å². The van der Waals surface area contributed by atoms with Gasteiger partial charge in [-0.1, -0.05) is 11.6 Å². The minimum Gasteiger partial charge on any atom is -0.324 e. The van der Waals surface area contributed by atoms with Crippen molar-refractivity contribution < 1.29 is 9.59 Å². The Balaban J connectivity index is 1.39. The Morgan fingerprint density at radius 2 is 2.21 bits per heavy atom. The molecule has 124 valence electrons. The van der Waals surface area contributed by atoms with Gasteiger partial charge in [0.1, 0.15) is 0 Å². The van der Waals surface area contributed by atoms with Crippen LogP contribution in [0.5, 0.6) is 0 Å². The molecule has 2 heterocycles. The molecule has 2 amide bonds. The van der Waals surface area contributed by atoms with E-state index < -0.39 is 5.25 Å². The van der Waals surface area contributed by atoms with Crippen molar-refractivity contribution in [3.8, 4) is 0 Å². The predicted octanol–water partition coefficient (Wildman–Crippen LogP) is 3.38. The van der Waals surface area contributed by atoms with E-state index in [1.807, 2.05) is 12.1 Å². The Kier molecular flexibility index (Phi) is 3.97. The molecule has 0 saturated heterocycles. The van der Waals surface area contributed by atoms with E-state index in [9.17, 15) is 9.59 Å². The number of hydrogen-bond acceptors (Lipinski definition) is 4.